The first-order valence-electron chi connectivity index (χ1n) is 5.05. The maximum absolute atomic E-state index is 6.41. The Labute approximate surface area is 105 Å². The minimum absolute atomic E-state index is 0.0652. The molecule has 16 heavy (non-hydrogen) atoms. The summed E-state index contributed by atoms with van der Waals surface area (Å²) in [5, 5.41) is -0.0652. The number of aryl methyl sites for hydroxylation is 1. The van der Waals surface area contributed by atoms with Crippen LogP contribution in [-0.2, 0) is 0 Å². The molecular weight excluding hydrogens is 240 g/mol. The Bertz CT molecular complexity index is 461. The van der Waals surface area contributed by atoms with Crippen molar-refractivity contribution < 1.29 is 4.74 Å². The molecule has 1 heterocycles. The zero-order valence-corrected chi connectivity index (χ0v) is 10.8. The second-order valence-electron chi connectivity index (χ2n) is 3.58. The van der Waals surface area contributed by atoms with Gasteiger partial charge in [-0.1, -0.05) is 12.1 Å². The van der Waals surface area contributed by atoms with Gasteiger partial charge in [-0.15, -0.1) is 22.9 Å². The van der Waals surface area contributed by atoms with Gasteiger partial charge in [-0.2, -0.15) is 0 Å². The van der Waals surface area contributed by atoms with Crippen LogP contribution >= 0.6 is 22.9 Å². The summed E-state index contributed by atoms with van der Waals surface area (Å²) in [6, 6.07) is 12.1. The Morgan fingerprint density at radius 2 is 1.81 bits per heavy atom. The molecule has 0 amide bonds. The van der Waals surface area contributed by atoms with Gasteiger partial charge in [0.25, 0.3) is 0 Å². The molecule has 3 heteroatoms. The first-order valence-corrected chi connectivity index (χ1v) is 6.30. The normalized spacial score (nSPS) is 12.4. The van der Waals surface area contributed by atoms with E-state index in [0.717, 1.165) is 11.3 Å². The molecule has 1 aromatic carbocycles. The molecule has 0 bridgehead atoms. The molecule has 0 aliphatic rings. The van der Waals surface area contributed by atoms with Crippen molar-refractivity contribution >= 4 is 22.9 Å². The molecule has 2 aromatic rings. The molecule has 2 rings (SSSR count). The summed E-state index contributed by atoms with van der Waals surface area (Å²) < 4.78 is 5.12. The van der Waals surface area contributed by atoms with E-state index in [9.17, 15) is 0 Å². The number of rotatable bonds is 3. The molecule has 84 valence electrons. The molecule has 0 N–H and O–H groups in total. The highest BCUT2D eigenvalue weighted by atomic mass is 35.5. The van der Waals surface area contributed by atoms with Gasteiger partial charge in [0.15, 0.2) is 0 Å². The molecule has 1 unspecified atom stereocenters. The van der Waals surface area contributed by atoms with Gasteiger partial charge in [-0.3, -0.25) is 0 Å². The molecule has 0 aliphatic carbocycles. The number of alkyl halides is 1. The van der Waals surface area contributed by atoms with E-state index in [1.165, 1.54) is 9.75 Å². The Morgan fingerprint density at radius 3 is 2.31 bits per heavy atom. The number of methoxy groups -OCH3 is 1. The second kappa shape index (κ2) is 4.89. The number of hydrogen-bond acceptors (Lipinski definition) is 2. The first-order chi connectivity index (χ1) is 7.70. The second-order valence-corrected chi connectivity index (χ2v) is 5.34. The van der Waals surface area contributed by atoms with E-state index in [1.807, 2.05) is 24.3 Å². The monoisotopic (exact) mass is 252 g/mol. The van der Waals surface area contributed by atoms with Crippen LogP contribution in [0, 0.1) is 6.92 Å². The average Bonchev–Trinajstić information content (AvgIpc) is 2.75. The molecule has 1 atom stereocenters. The van der Waals surface area contributed by atoms with Crippen LogP contribution in [0.5, 0.6) is 5.75 Å². The van der Waals surface area contributed by atoms with Gasteiger partial charge in [-0.05, 0) is 36.8 Å². The number of hydrogen-bond donors (Lipinski definition) is 0. The molecule has 0 fully saturated rings. The van der Waals surface area contributed by atoms with Crippen molar-refractivity contribution in [2.45, 2.75) is 12.3 Å². The van der Waals surface area contributed by atoms with E-state index in [4.69, 9.17) is 16.3 Å². The number of benzene rings is 1. The highest BCUT2D eigenvalue weighted by Crippen LogP contribution is 2.34. The highest BCUT2D eigenvalue weighted by Gasteiger charge is 2.12. The lowest BCUT2D eigenvalue weighted by atomic mass is 10.1. The van der Waals surface area contributed by atoms with Crippen LogP contribution in [0.25, 0.3) is 0 Å². The van der Waals surface area contributed by atoms with Crippen molar-refractivity contribution in [2.24, 2.45) is 0 Å². The standard InChI is InChI=1S/C13H13ClOS/c1-9-3-8-12(16-9)13(14)10-4-6-11(15-2)7-5-10/h3-8,13H,1-2H3. The van der Waals surface area contributed by atoms with Crippen LogP contribution in [0.4, 0.5) is 0 Å². The van der Waals surface area contributed by atoms with Gasteiger partial charge in [-0.25, -0.2) is 0 Å². The van der Waals surface area contributed by atoms with Crippen LogP contribution in [0.3, 0.4) is 0 Å². The van der Waals surface area contributed by atoms with Crippen molar-refractivity contribution in [2.75, 3.05) is 7.11 Å². The third kappa shape index (κ3) is 2.39. The lowest BCUT2D eigenvalue weighted by molar-refractivity contribution is 0.414. The maximum Gasteiger partial charge on any atom is 0.118 e. The summed E-state index contributed by atoms with van der Waals surface area (Å²) in [6.45, 7) is 2.09. The topological polar surface area (TPSA) is 9.23 Å². The van der Waals surface area contributed by atoms with E-state index < -0.39 is 0 Å². The zero-order chi connectivity index (χ0) is 11.5. The summed E-state index contributed by atoms with van der Waals surface area (Å²) in [6.07, 6.45) is 0. The predicted molar refractivity (Wildman–Crippen MR) is 69.7 cm³/mol. The third-order valence-electron chi connectivity index (χ3n) is 2.42. The predicted octanol–water partition coefficient (Wildman–Crippen LogP) is 4.39. The number of halogens is 1. The SMILES string of the molecule is COc1ccc(C(Cl)c2ccc(C)s2)cc1. The van der Waals surface area contributed by atoms with Crippen molar-refractivity contribution in [3.63, 3.8) is 0 Å². The highest BCUT2D eigenvalue weighted by molar-refractivity contribution is 7.12. The average molecular weight is 253 g/mol. The summed E-state index contributed by atoms with van der Waals surface area (Å²) >= 11 is 8.15. The number of thiophene rings is 1. The fraction of sp³-hybridized carbons (Fsp3) is 0.231. The summed E-state index contributed by atoms with van der Waals surface area (Å²) in [7, 11) is 1.66. The van der Waals surface area contributed by atoms with Crippen LogP contribution in [0.2, 0.25) is 0 Å². The maximum atomic E-state index is 6.41. The van der Waals surface area contributed by atoms with Gasteiger partial charge >= 0.3 is 0 Å². The fourth-order valence-corrected chi connectivity index (χ4v) is 2.76. The van der Waals surface area contributed by atoms with Gasteiger partial charge in [0.05, 0.1) is 12.5 Å². The van der Waals surface area contributed by atoms with Gasteiger partial charge < -0.3 is 4.74 Å². The van der Waals surface area contributed by atoms with Gasteiger partial charge in [0.2, 0.25) is 0 Å². The lowest BCUT2D eigenvalue weighted by Crippen LogP contribution is -1.90. The van der Waals surface area contributed by atoms with E-state index in [2.05, 4.69) is 19.1 Å². The van der Waals surface area contributed by atoms with E-state index >= 15 is 0 Å². The minimum Gasteiger partial charge on any atom is -0.497 e. The summed E-state index contributed by atoms with van der Waals surface area (Å²) in [5.74, 6) is 0.856. The van der Waals surface area contributed by atoms with E-state index in [0.29, 0.717) is 0 Å². The smallest absolute Gasteiger partial charge is 0.118 e. The third-order valence-corrected chi connectivity index (χ3v) is 4.10. The molecule has 0 radical (unpaired) electrons. The largest absolute Gasteiger partial charge is 0.497 e. The van der Waals surface area contributed by atoms with Crippen molar-refractivity contribution in [3.05, 3.63) is 51.7 Å². The fourth-order valence-electron chi connectivity index (χ4n) is 1.53. The molecule has 0 aliphatic heterocycles. The Hall–Kier alpha value is -0.990. The zero-order valence-electron chi connectivity index (χ0n) is 9.24. The van der Waals surface area contributed by atoms with E-state index in [-0.39, 0.29) is 5.38 Å². The van der Waals surface area contributed by atoms with Crippen LogP contribution in [-0.4, -0.2) is 7.11 Å². The van der Waals surface area contributed by atoms with Crippen LogP contribution < -0.4 is 4.74 Å². The van der Waals surface area contributed by atoms with Crippen molar-refractivity contribution in [3.8, 4) is 5.75 Å². The molecule has 1 aromatic heterocycles. The quantitative estimate of drug-likeness (QED) is 0.736. The summed E-state index contributed by atoms with van der Waals surface area (Å²) in [5.41, 5.74) is 1.10. The molecular formula is C13H13ClOS. The Kier molecular flexibility index (Phi) is 3.52. The Balaban J connectivity index is 2.23. The molecule has 1 nitrogen and oxygen atoms in total. The first kappa shape index (κ1) is 11.5. The van der Waals surface area contributed by atoms with Crippen molar-refractivity contribution in [1.82, 2.24) is 0 Å². The van der Waals surface area contributed by atoms with Gasteiger partial charge in [0.1, 0.15) is 5.75 Å². The molecule has 0 saturated heterocycles. The minimum atomic E-state index is -0.0652. The van der Waals surface area contributed by atoms with Crippen molar-refractivity contribution in [1.29, 1.82) is 0 Å². The molecule has 0 saturated carbocycles. The Morgan fingerprint density at radius 1 is 1.12 bits per heavy atom. The lowest BCUT2D eigenvalue weighted by Gasteiger charge is -2.08. The van der Waals surface area contributed by atoms with Gasteiger partial charge in [0, 0.05) is 9.75 Å². The van der Waals surface area contributed by atoms with Crippen LogP contribution in [0.15, 0.2) is 36.4 Å². The van der Waals surface area contributed by atoms with Crippen LogP contribution in [0.1, 0.15) is 20.7 Å². The number of ether oxygens (including phenoxy) is 1. The molecule has 0 spiro atoms. The van der Waals surface area contributed by atoms with E-state index in [1.54, 1.807) is 18.4 Å². The summed E-state index contributed by atoms with van der Waals surface area (Å²) in [4.78, 5) is 2.47.